The Labute approximate surface area is 175 Å². The van der Waals surface area contributed by atoms with Gasteiger partial charge in [-0.3, -0.25) is 9.59 Å². The van der Waals surface area contributed by atoms with Crippen LogP contribution in [0.3, 0.4) is 0 Å². The van der Waals surface area contributed by atoms with Crippen LogP contribution in [-0.4, -0.2) is 18.4 Å². The molecule has 0 radical (unpaired) electrons. The minimum atomic E-state index is -0.331. The van der Waals surface area contributed by atoms with Crippen LogP contribution in [0.15, 0.2) is 77.3 Å². The van der Waals surface area contributed by atoms with Gasteiger partial charge in [0.05, 0.1) is 5.69 Å². The van der Waals surface area contributed by atoms with Crippen LogP contribution in [0, 0.1) is 0 Å². The molecule has 0 unspecified atom stereocenters. The Morgan fingerprint density at radius 2 is 1.64 bits per heavy atom. The number of anilines is 2. The first-order valence-corrected chi connectivity index (χ1v) is 9.52. The molecule has 0 aliphatic carbocycles. The van der Waals surface area contributed by atoms with Crippen molar-refractivity contribution in [2.45, 2.75) is 0 Å². The van der Waals surface area contributed by atoms with Crippen molar-refractivity contribution < 1.29 is 14.3 Å². The van der Waals surface area contributed by atoms with Crippen LogP contribution in [0.5, 0.6) is 5.75 Å². The largest absolute Gasteiger partial charge is 0.482 e. The first-order chi connectivity index (χ1) is 13.5. The quantitative estimate of drug-likeness (QED) is 0.520. The van der Waals surface area contributed by atoms with E-state index in [0.717, 1.165) is 4.47 Å². The summed E-state index contributed by atoms with van der Waals surface area (Å²) in [5, 5.41) is 5.94. The Hall–Kier alpha value is -2.83. The molecule has 0 aromatic heterocycles. The van der Waals surface area contributed by atoms with E-state index in [9.17, 15) is 9.59 Å². The molecule has 142 valence electrons. The number of amides is 2. The number of benzene rings is 3. The summed E-state index contributed by atoms with van der Waals surface area (Å²) in [6.45, 7) is -0.232. The topological polar surface area (TPSA) is 67.4 Å². The predicted molar refractivity (Wildman–Crippen MR) is 114 cm³/mol. The highest BCUT2D eigenvalue weighted by atomic mass is 79.9. The van der Waals surface area contributed by atoms with Gasteiger partial charge in [0.1, 0.15) is 5.75 Å². The highest BCUT2D eigenvalue weighted by Gasteiger charge is 2.12. The van der Waals surface area contributed by atoms with Gasteiger partial charge in [-0.1, -0.05) is 45.7 Å². The van der Waals surface area contributed by atoms with E-state index >= 15 is 0 Å². The van der Waals surface area contributed by atoms with E-state index in [1.54, 1.807) is 54.6 Å². The lowest BCUT2D eigenvalue weighted by Crippen LogP contribution is -2.21. The number of carbonyl (C=O) groups is 2. The lowest BCUT2D eigenvalue weighted by atomic mass is 10.2. The monoisotopic (exact) mass is 458 g/mol. The molecule has 0 saturated carbocycles. The first kappa shape index (κ1) is 19.9. The average Bonchev–Trinajstić information content (AvgIpc) is 2.70. The molecule has 28 heavy (non-hydrogen) atoms. The second-order valence-electron chi connectivity index (χ2n) is 5.80. The lowest BCUT2D eigenvalue weighted by molar-refractivity contribution is -0.118. The second kappa shape index (κ2) is 9.39. The molecule has 0 heterocycles. The molecule has 0 aliphatic rings. The van der Waals surface area contributed by atoms with Crippen molar-refractivity contribution in [3.05, 3.63) is 87.9 Å². The van der Waals surface area contributed by atoms with Gasteiger partial charge < -0.3 is 15.4 Å². The number of hydrogen-bond acceptors (Lipinski definition) is 3. The maximum Gasteiger partial charge on any atom is 0.262 e. The fourth-order valence-electron chi connectivity index (χ4n) is 2.38. The second-order valence-corrected chi connectivity index (χ2v) is 7.16. The van der Waals surface area contributed by atoms with Gasteiger partial charge in [-0.05, 0) is 48.5 Å². The number of rotatable bonds is 6. The molecule has 0 fully saturated rings. The molecule has 3 aromatic rings. The summed E-state index contributed by atoms with van der Waals surface area (Å²) in [7, 11) is 0. The molecule has 3 aromatic carbocycles. The number of nitrogens with one attached hydrogen (secondary N) is 2. The van der Waals surface area contributed by atoms with Crippen LogP contribution in [-0.2, 0) is 4.79 Å². The zero-order valence-electron chi connectivity index (χ0n) is 14.6. The summed E-state index contributed by atoms with van der Waals surface area (Å²) >= 11 is 9.37. The molecule has 7 heteroatoms. The molecule has 0 atom stereocenters. The maximum absolute atomic E-state index is 12.4. The number of ether oxygens (including phenoxy) is 1. The summed E-state index contributed by atoms with van der Waals surface area (Å²) < 4.78 is 6.51. The van der Waals surface area contributed by atoms with E-state index in [-0.39, 0.29) is 18.4 Å². The van der Waals surface area contributed by atoms with Gasteiger partial charge in [0, 0.05) is 26.8 Å². The van der Waals surface area contributed by atoms with Crippen LogP contribution < -0.4 is 15.4 Å². The molecular weight excluding hydrogens is 444 g/mol. The molecule has 0 spiro atoms. The lowest BCUT2D eigenvalue weighted by Gasteiger charge is -2.13. The first-order valence-electron chi connectivity index (χ1n) is 8.35. The molecule has 0 bridgehead atoms. The van der Waals surface area contributed by atoms with Gasteiger partial charge in [0.25, 0.3) is 11.8 Å². The van der Waals surface area contributed by atoms with Crippen LogP contribution in [0.4, 0.5) is 11.4 Å². The third-order valence-electron chi connectivity index (χ3n) is 3.71. The Morgan fingerprint density at radius 1 is 0.929 bits per heavy atom. The number of halogens is 2. The summed E-state index contributed by atoms with van der Waals surface area (Å²) in [6.07, 6.45) is 0. The fourth-order valence-corrected chi connectivity index (χ4v) is 2.80. The van der Waals surface area contributed by atoms with Gasteiger partial charge in [-0.15, -0.1) is 0 Å². The zero-order chi connectivity index (χ0) is 19.9. The molecule has 0 aliphatic heterocycles. The molecule has 2 N–H and O–H groups in total. The Kier molecular flexibility index (Phi) is 6.68. The average molecular weight is 460 g/mol. The van der Waals surface area contributed by atoms with Crippen molar-refractivity contribution in [2.75, 3.05) is 17.2 Å². The van der Waals surface area contributed by atoms with Gasteiger partial charge in [-0.2, -0.15) is 0 Å². The minimum Gasteiger partial charge on any atom is -0.482 e. The van der Waals surface area contributed by atoms with Gasteiger partial charge in [0.15, 0.2) is 6.61 Å². The van der Waals surface area contributed by atoms with E-state index in [2.05, 4.69) is 26.6 Å². The Bertz CT molecular complexity index is 979. The van der Waals surface area contributed by atoms with E-state index in [0.29, 0.717) is 27.7 Å². The maximum atomic E-state index is 12.4. The van der Waals surface area contributed by atoms with Crippen LogP contribution in [0.2, 0.25) is 5.02 Å². The zero-order valence-corrected chi connectivity index (χ0v) is 17.0. The van der Waals surface area contributed by atoms with Crippen LogP contribution >= 0.6 is 27.5 Å². The molecular formula is C21H16BrClN2O3. The predicted octanol–water partition coefficient (Wildman–Crippen LogP) is 5.37. The SMILES string of the molecule is O=C(COc1cc(Cl)ccc1NC(=O)c1ccccc1)Nc1ccc(Br)cc1. The standard InChI is InChI=1S/C21H16BrClN2O3/c22-15-6-9-17(10-7-15)24-20(26)13-28-19-12-16(23)8-11-18(19)25-21(27)14-4-2-1-3-5-14/h1-12H,13H2,(H,24,26)(H,25,27). The Morgan fingerprint density at radius 3 is 2.36 bits per heavy atom. The van der Waals surface area contributed by atoms with Gasteiger partial charge in [-0.25, -0.2) is 0 Å². The Balaban J connectivity index is 1.66. The summed E-state index contributed by atoms with van der Waals surface area (Å²) in [5.74, 6) is -0.308. The highest BCUT2D eigenvalue weighted by Crippen LogP contribution is 2.28. The summed E-state index contributed by atoms with van der Waals surface area (Å²) in [5.41, 5.74) is 1.59. The summed E-state index contributed by atoms with van der Waals surface area (Å²) in [4.78, 5) is 24.5. The number of hydrogen-bond donors (Lipinski definition) is 2. The van der Waals surface area contributed by atoms with Gasteiger partial charge >= 0.3 is 0 Å². The third kappa shape index (κ3) is 5.58. The van der Waals surface area contributed by atoms with Crippen molar-refractivity contribution in [3.63, 3.8) is 0 Å². The van der Waals surface area contributed by atoms with Crippen molar-refractivity contribution >= 4 is 50.7 Å². The van der Waals surface area contributed by atoms with Crippen LogP contribution in [0.25, 0.3) is 0 Å². The van der Waals surface area contributed by atoms with Crippen molar-refractivity contribution in [3.8, 4) is 5.75 Å². The number of carbonyl (C=O) groups excluding carboxylic acids is 2. The van der Waals surface area contributed by atoms with E-state index in [4.69, 9.17) is 16.3 Å². The van der Waals surface area contributed by atoms with Crippen molar-refractivity contribution in [1.29, 1.82) is 0 Å². The summed E-state index contributed by atoms with van der Waals surface area (Å²) in [6, 6.07) is 20.8. The molecule has 3 rings (SSSR count). The molecule has 5 nitrogen and oxygen atoms in total. The van der Waals surface area contributed by atoms with Crippen molar-refractivity contribution in [2.24, 2.45) is 0 Å². The molecule has 2 amide bonds. The third-order valence-corrected chi connectivity index (χ3v) is 4.48. The van der Waals surface area contributed by atoms with Gasteiger partial charge in [0.2, 0.25) is 0 Å². The fraction of sp³-hybridized carbons (Fsp3) is 0.0476. The van der Waals surface area contributed by atoms with E-state index in [1.807, 2.05) is 18.2 Å². The minimum absolute atomic E-state index is 0.232. The normalized spacial score (nSPS) is 10.2. The van der Waals surface area contributed by atoms with E-state index < -0.39 is 0 Å². The smallest absolute Gasteiger partial charge is 0.262 e. The molecule has 0 saturated heterocycles. The van der Waals surface area contributed by atoms with E-state index in [1.165, 1.54) is 0 Å². The van der Waals surface area contributed by atoms with Crippen molar-refractivity contribution in [1.82, 2.24) is 0 Å². The highest BCUT2D eigenvalue weighted by molar-refractivity contribution is 9.10. The van der Waals surface area contributed by atoms with Crippen LogP contribution in [0.1, 0.15) is 10.4 Å².